The molecule has 0 spiro atoms. The lowest BCUT2D eigenvalue weighted by Crippen LogP contribution is -2.42. The lowest BCUT2D eigenvalue weighted by Gasteiger charge is -2.30. The number of hydrogen-bond donors (Lipinski definition) is 1. The fourth-order valence-electron chi connectivity index (χ4n) is 3.55. The number of carbonyl (C=O) groups is 1. The number of aromatic nitrogens is 1. The summed E-state index contributed by atoms with van der Waals surface area (Å²) in [5.74, 6) is 0.789. The number of thiazole rings is 1. The molecular formula is C22H24FN3O2S. The summed E-state index contributed by atoms with van der Waals surface area (Å²) in [5, 5.41) is 4.10. The zero-order chi connectivity index (χ0) is 20.1. The number of nitrogens with zero attached hydrogens (tertiary/aromatic N) is 2. The molecule has 3 aromatic rings. The monoisotopic (exact) mass is 413 g/mol. The molecule has 5 nitrogen and oxygen atoms in total. The van der Waals surface area contributed by atoms with Gasteiger partial charge in [0.2, 0.25) is 5.91 Å². The Kier molecular flexibility index (Phi) is 6.36. The molecule has 2 heterocycles. The normalized spacial score (nSPS) is 15.5. The Morgan fingerprint density at radius 2 is 1.93 bits per heavy atom. The summed E-state index contributed by atoms with van der Waals surface area (Å²) >= 11 is 1.79. The molecule has 152 valence electrons. The van der Waals surface area contributed by atoms with Crippen molar-refractivity contribution < 1.29 is 13.9 Å². The second-order valence-corrected chi connectivity index (χ2v) is 8.28. The summed E-state index contributed by atoms with van der Waals surface area (Å²) in [7, 11) is 0. The quantitative estimate of drug-likeness (QED) is 0.599. The maximum Gasteiger partial charge on any atom is 0.234 e. The number of halogens is 1. The molecule has 1 amide bonds. The van der Waals surface area contributed by atoms with Crippen LogP contribution in [0, 0.1) is 5.82 Å². The van der Waals surface area contributed by atoms with Gasteiger partial charge in [0.1, 0.15) is 18.2 Å². The summed E-state index contributed by atoms with van der Waals surface area (Å²) in [6.07, 6.45) is 2.06. The van der Waals surface area contributed by atoms with Gasteiger partial charge in [0.05, 0.1) is 28.3 Å². The number of para-hydroxylation sites is 1. The first kappa shape index (κ1) is 19.8. The van der Waals surface area contributed by atoms with Crippen molar-refractivity contribution in [1.82, 2.24) is 15.2 Å². The molecule has 1 N–H and O–H groups in total. The van der Waals surface area contributed by atoms with E-state index < -0.39 is 0 Å². The van der Waals surface area contributed by atoms with Crippen LogP contribution in [0.5, 0.6) is 5.75 Å². The highest BCUT2D eigenvalue weighted by atomic mass is 32.1. The van der Waals surface area contributed by atoms with E-state index in [1.54, 1.807) is 23.5 Å². The van der Waals surface area contributed by atoms with E-state index in [0.29, 0.717) is 31.4 Å². The minimum absolute atomic E-state index is 0.00569. The van der Waals surface area contributed by atoms with Gasteiger partial charge in [-0.3, -0.25) is 9.69 Å². The molecule has 0 aliphatic carbocycles. The second-order valence-electron chi connectivity index (χ2n) is 7.22. The van der Waals surface area contributed by atoms with Crippen LogP contribution in [0.3, 0.4) is 0 Å². The summed E-state index contributed by atoms with van der Waals surface area (Å²) in [6, 6.07) is 14.1. The molecule has 0 atom stereocenters. The van der Waals surface area contributed by atoms with Crippen molar-refractivity contribution in [2.24, 2.45) is 0 Å². The Bertz CT molecular complexity index is 919. The Hall–Kier alpha value is -2.51. The van der Waals surface area contributed by atoms with E-state index in [-0.39, 0.29) is 11.7 Å². The largest absolute Gasteiger partial charge is 0.492 e. The van der Waals surface area contributed by atoms with Gasteiger partial charge in [0.15, 0.2) is 0 Å². The Labute approximate surface area is 173 Å². The number of nitrogens with one attached hydrogen (secondary N) is 1. The van der Waals surface area contributed by atoms with Gasteiger partial charge in [-0.15, -0.1) is 11.3 Å². The molecular weight excluding hydrogens is 389 g/mol. The van der Waals surface area contributed by atoms with Gasteiger partial charge in [-0.2, -0.15) is 0 Å². The predicted octanol–water partition coefficient (Wildman–Crippen LogP) is 3.81. The van der Waals surface area contributed by atoms with E-state index in [4.69, 9.17) is 9.72 Å². The maximum absolute atomic E-state index is 12.9. The third-order valence-electron chi connectivity index (χ3n) is 5.12. The van der Waals surface area contributed by atoms with Gasteiger partial charge >= 0.3 is 0 Å². The smallest absolute Gasteiger partial charge is 0.234 e. The van der Waals surface area contributed by atoms with Gasteiger partial charge in [0, 0.05) is 5.92 Å². The third kappa shape index (κ3) is 5.31. The van der Waals surface area contributed by atoms with Gasteiger partial charge < -0.3 is 10.1 Å². The molecule has 2 aromatic carbocycles. The molecule has 0 saturated carbocycles. The molecule has 0 bridgehead atoms. The summed E-state index contributed by atoms with van der Waals surface area (Å²) in [5.41, 5.74) is 1.08. The average Bonchev–Trinajstić information content (AvgIpc) is 3.17. The molecule has 1 aliphatic heterocycles. The standard InChI is InChI=1S/C22H24FN3O2S/c23-17-5-7-18(8-6-17)28-14-11-24-21(27)15-26-12-9-16(10-13-26)22-25-19-3-1-2-4-20(19)29-22/h1-8,16H,9-15H2,(H,24,27). The first-order chi connectivity index (χ1) is 14.2. The summed E-state index contributed by atoms with van der Waals surface area (Å²) in [6.45, 7) is 3.00. The van der Waals surface area contributed by atoms with E-state index >= 15 is 0 Å². The highest BCUT2D eigenvalue weighted by Crippen LogP contribution is 2.33. The van der Waals surface area contributed by atoms with E-state index in [0.717, 1.165) is 31.4 Å². The van der Waals surface area contributed by atoms with Crippen molar-refractivity contribution in [2.75, 3.05) is 32.8 Å². The maximum atomic E-state index is 12.9. The Morgan fingerprint density at radius 1 is 1.17 bits per heavy atom. The van der Waals surface area contributed by atoms with E-state index in [1.807, 2.05) is 6.07 Å². The number of carbonyl (C=O) groups excluding carboxylic acids is 1. The highest BCUT2D eigenvalue weighted by Gasteiger charge is 2.24. The van der Waals surface area contributed by atoms with Crippen molar-refractivity contribution in [2.45, 2.75) is 18.8 Å². The number of likely N-dealkylation sites (tertiary alicyclic amines) is 1. The van der Waals surface area contributed by atoms with Crippen molar-refractivity contribution in [3.05, 3.63) is 59.4 Å². The van der Waals surface area contributed by atoms with Crippen LogP contribution in [0.1, 0.15) is 23.8 Å². The van der Waals surface area contributed by atoms with Crippen LogP contribution in [0.15, 0.2) is 48.5 Å². The van der Waals surface area contributed by atoms with Gasteiger partial charge in [0.25, 0.3) is 0 Å². The number of amides is 1. The number of rotatable bonds is 7. The fraction of sp³-hybridized carbons (Fsp3) is 0.364. The van der Waals surface area contributed by atoms with Crippen LogP contribution in [0.2, 0.25) is 0 Å². The van der Waals surface area contributed by atoms with Crippen LogP contribution in [-0.4, -0.2) is 48.6 Å². The van der Waals surface area contributed by atoms with Gasteiger partial charge in [-0.1, -0.05) is 12.1 Å². The first-order valence-electron chi connectivity index (χ1n) is 9.90. The lowest BCUT2D eigenvalue weighted by atomic mass is 9.97. The van der Waals surface area contributed by atoms with E-state index in [9.17, 15) is 9.18 Å². The number of benzene rings is 2. The molecule has 7 heteroatoms. The molecule has 0 unspecified atom stereocenters. The van der Waals surface area contributed by atoms with Crippen LogP contribution >= 0.6 is 11.3 Å². The molecule has 1 aromatic heterocycles. The Balaban J connectivity index is 1.16. The van der Waals surface area contributed by atoms with Crippen LogP contribution in [0.4, 0.5) is 4.39 Å². The third-order valence-corrected chi connectivity index (χ3v) is 6.32. The summed E-state index contributed by atoms with van der Waals surface area (Å²) in [4.78, 5) is 19.2. The molecule has 1 fully saturated rings. The summed E-state index contributed by atoms with van der Waals surface area (Å²) < 4.78 is 19.6. The average molecular weight is 414 g/mol. The first-order valence-corrected chi connectivity index (χ1v) is 10.7. The molecule has 4 rings (SSSR count). The van der Waals surface area contributed by atoms with Crippen LogP contribution in [-0.2, 0) is 4.79 Å². The number of hydrogen-bond acceptors (Lipinski definition) is 5. The van der Waals surface area contributed by atoms with E-state index in [2.05, 4.69) is 28.4 Å². The number of fused-ring (bicyclic) bond motifs is 1. The number of ether oxygens (including phenoxy) is 1. The Morgan fingerprint density at radius 3 is 2.69 bits per heavy atom. The van der Waals surface area contributed by atoms with Crippen LogP contribution < -0.4 is 10.1 Å². The zero-order valence-corrected chi connectivity index (χ0v) is 17.0. The van der Waals surface area contributed by atoms with Crippen LogP contribution in [0.25, 0.3) is 10.2 Å². The minimum atomic E-state index is -0.294. The van der Waals surface area contributed by atoms with Gasteiger partial charge in [-0.05, 0) is 62.3 Å². The molecule has 1 aliphatic rings. The predicted molar refractivity (Wildman–Crippen MR) is 113 cm³/mol. The zero-order valence-electron chi connectivity index (χ0n) is 16.1. The van der Waals surface area contributed by atoms with E-state index in [1.165, 1.54) is 21.8 Å². The number of piperidine rings is 1. The highest BCUT2D eigenvalue weighted by molar-refractivity contribution is 7.18. The fourth-order valence-corrected chi connectivity index (χ4v) is 4.69. The van der Waals surface area contributed by atoms with Crippen molar-refractivity contribution in [3.63, 3.8) is 0 Å². The molecule has 0 radical (unpaired) electrons. The topological polar surface area (TPSA) is 54.5 Å². The van der Waals surface area contributed by atoms with Crippen molar-refractivity contribution in [3.8, 4) is 5.75 Å². The lowest BCUT2D eigenvalue weighted by molar-refractivity contribution is -0.122. The second kappa shape index (κ2) is 9.33. The van der Waals surface area contributed by atoms with Crippen molar-refractivity contribution in [1.29, 1.82) is 0 Å². The SMILES string of the molecule is O=C(CN1CCC(c2nc3ccccc3s2)CC1)NCCOc1ccc(F)cc1. The van der Waals surface area contributed by atoms with Crippen molar-refractivity contribution >= 4 is 27.5 Å². The van der Waals surface area contributed by atoms with Gasteiger partial charge in [-0.25, -0.2) is 9.37 Å². The molecule has 29 heavy (non-hydrogen) atoms. The molecule has 1 saturated heterocycles. The minimum Gasteiger partial charge on any atom is -0.492 e.